The number of Topliss-reactive ketones (excluding diaryl/α,β-unsaturated/α-hetero) is 3. The average Bonchev–Trinajstić information content (AvgIpc) is 3.31. The van der Waals surface area contributed by atoms with Crippen LogP contribution in [0.25, 0.3) is 0 Å². The molecule has 0 aromatic carbocycles. The highest BCUT2D eigenvalue weighted by molar-refractivity contribution is 5.95. The molecule has 4 atom stereocenters. The lowest BCUT2D eigenvalue weighted by Gasteiger charge is -2.35. The zero-order chi connectivity index (χ0) is 53.9. The fraction of sp³-hybridized carbons (Fsp3) is 0.852. The van der Waals surface area contributed by atoms with Gasteiger partial charge in [0.2, 0.25) is 29.5 Å². The van der Waals surface area contributed by atoms with Gasteiger partial charge in [-0.2, -0.15) is 0 Å². The van der Waals surface area contributed by atoms with E-state index < -0.39 is 45.8 Å². The fourth-order valence-corrected chi connectivity index (χ4v) is 8.90. The van der Waals surface area contributed by atoms with Crippen LogP contribution in [0.15, 0.2) is 0 Å². The summed E-state index contributed by atoms with van der Waals surface area (Å²) in [5, 5.41) is 21.0. The molecule has 0 bridgehead atoms. The van der Waals surface area contributed by atoms with Gasteiger partial charge in [0.05, 0.1) is 0 Å². The Morgan fingerprint density at radius 2 is 0.746 bits per heavy atom. The summed E-state index contributed by atoms with van der Waals surface area (Å²) in [5.74, 6) is -5.61. The Kier molecular flexibility index (Phi) is 35.8. The monoisotopic (exact) mass is 1010 g/mol. The Morgan fingerprint density at radius 1 is 0.380 bits per heavy atom. The molecule has 0 aromatic rings. The van der Waals surface area contributed by atoms with Gasteiger partial charge in [-0.1, -0.05) is 114 Å². The summed E-state index contributed by atoms with van der Waals surface area (Å²) < 4.78 is 0. The molecule has 412 valence electrons. The molecule has 5 amide bonds. The first-order valence-corrected chi connectivity index (χ1v) is 27.4. The third-order valence-corrected chi connectivity index (χ3v) is 13.5. The molecule has 0 aliphatic carbocycles. The van der Waals surface area contributed by atoms with Crippen molar-refractivity contribution in [3.05, 3.63) is 0 Å². The third-order valence-electron chi connectivity index (χ3n) is 13.5. The van der Waals surface area contributed by atoms with Gasteiger partial charge >= 0.3 is 0 Å². The maximum absolute atomic E-state index is 15.0. The molecule has 11 N–H and O–H groups in total. The van der Waals surface area contributed by atoms with Crippen molar-refractivity contribution in [2.24, 2.45) is 51.4 Å². The lowest BCUT2D eigenvalue weighted by atomic mass is 9.67. The van der Waals surface area contributed by atoms with Crippen LogP contribution in [0.1, 0.15) is 185 Å². The molecule has 0 aromatic heterocycles. The molecule has 0 heterocycles. The molecular formula is C54H103N9O8. The molecule has 0 radical (unpaired) electrons. The number of nitrogens with one attached hydrogen (secondary N) is 7. The first kappa shape index (κ1) is 67.2. The van der Waals surface area contributed by atoms with Crippen LogP contribution >= 0.6 is 0 Å². The smallest absolute Gasteiger partial charge is 0.223 e. The molecule has 0 aliphatic rings. The zero-order valence-corrected chi connectivity index (χ0v) is 46.2. The summed E-state index contributed by atoms with van der Waals surface area (Å²) >= 11 is 0. The van der Waals surface area contributed by atoms with E-state index in [1.807, 2.05) is 13.8 Å². The summed E-state index contributed by atoms with van der Waals surface area (Å²) in [6, 6.07) is 0. The molecule has 0 saturated heterocycles. The van der Waals surface area contributed by atoms with Gasteiger partial charge in [-0.15, -0.1) is 0 Å². The van der Waals surface area contributed by atoms with E-state index in [0.717, 1.165) is 64.2 Å². The molecule has 0 fully saturated rings. The van der Waals surface area contributed by atoms with Gasteiger partial charge in [0.1, 0.15) is 17.3 Å². The minimum atomic E-state index is -1.25. The molecule has 4 unspecified atom stereocenters. The minimum Gasteiger partial charge on any atom is -0.356 e. The Hall–Kier alpha value is -3.80. The number of carbonyl (C=O) groups excluding carboxylic acids is 8. The van der Waals surface area contributed by atoms with E-state index in [4.69, 9.17) is 11.5 Å². The van der Waals surface area contributed by atoms with E-state index in [2.05, 4.69) is 51.1 Å². The van der Waals surface area contributed by atoms with Crippen LogP contribution < -0.4 is 48.7 Å². The predicted molar refractivity (Wildman–Crippen MR) is 285 cm³/mol. The number of ketones is 3. The van der Waals surface area contributed by atoms with Crippen molar-refractivity contribution in [1.29, 1.82) is 0 Å². The van der Waals surface area contributed by atoms with Gasteiger partial charge in [-0.05, 0) is 44.9 Å². The van der Waals surface area contributed by atoms with E-state index in [9.17, 15) is 33.6 Å². The number of amides is 5. The van der Waals surface area contributed by atoms with Crippen LogP contribution in [0.5, 0.6) is 0 Å². The van der Waals surface area contributed by atoms with E-state index in [1.54, 1.807) is 41.5 Å². The summed E-state index contributed by atoms with van der Waals surface area (Å²) in [6.45, 7) is 23.5. The summed E-state index contributed by atoms with van der Waals surface area (Å²) in [4.78, 5) is 111. The SMILES string of the molecule is CCCCCCNC(=O)CC(CC(C)(C)C(=O)CC(CC)C(=O)NCCCCCC)C(=O)C(C)(C)CC(CC(=O)C(C)(C)CC(CC(=O)NCCNCCN)C(=O)NCCCC)C(=O)NCCNCCN. The van der Waals surface area contributed by atoms with Crippen molar-refractivity contribution in [2.75, 3.05) is 72.0 Å². The summed E-state index contributed by atoms with van der Waals surface area (Å²) in [5.41, 5.74) is 7.70. The van der Waals surface area contributed by atoms with Crippen molar-refractivity contribution < 1.29 is 38.4 Å². The van der Waals surface area contributed by atoms with Crippen LogP contribution in [-0.4, -0.2) is 119 Å². The molecule has 17 heteroatoms. The molecule has 0 spiro atoms. The zero-order valence-electron chi connectivity index (χ0n) is 46.2. The second-order valence-electron chi connectivity index (χ2n) is 21.6. The highest BCUT2D eigenvalue weighted by Gasteiger charge is 2.44. The highest BCUT2D eigenvalue weighted by atomic mass is 16.2. The highest BCUT2D eigenvalue weighted by Crippen LogP contribution is 2.40. The molecule has 0 saturated carbocycles. The summed E-state index contributed by atoms with van der Waals surface area (Å²) in [7, 11) is 0. The minimum absolute atomic E-state index is 0.00283. The Morgan fingerprint density at radius 3 is 1.23 bits per heavy atom. The van der Waals surface area contributed by atoms with Gasteiger partial charge in [0.25, 0.3) is 0 Å². The molecule has 0 rings (SSSR count). The van der Waals surface area contributed by atoms with E-state index in [-0.39, 0.29) is 92.5 Å². The largest absolute Gasteiger partial charge is 0.356 e. The Balaban J connectivity index is 6.81. The summed E-state index contributed by atoms with van der Waals surface area (Å²) in [6.07, 6.45) is 9.44. The maximum atomic E-state index is 15.0. The van der Waals surface area contributed by atoms with Gasteiger partial charge < -0.3 is 48.7 Å². The first-order chi connectivity index (χ1) is 33.6. The fourth-order valence-electron chi connectivity index (χ4n) is 8.90. The second-order valence-corrected chi connectivity index (χ2v) is 21.6. The van der Waals surface area contributed by atoms with Crippen LogP contribution in [-0.2, 0) is 38.4 Å². The number of hydrogen-bond donors (Lipinski definition) is 9. The molecule has 17 nitrogen and oxygen atoms in total. The quantitative estimate of drug-likeness (QED) is 0.0364. The second kappa shape index (κ2) is 37.9. The molecular weight excluding hydrogens is 903 g/mol. The number of hydrogen-bond acceptors (Lipinski definition) is 12. The first-order valence-electron chi connectivity index (χ1n) is 27.4. The van der Waals surface area contributed by atoms with Crippen LogP contribution in [0, 0.1) is 39.9 Å². The van der Waals surface area contributed by atoms with Crippen LogP contribution in [0.4, 0.5) is 0 Å². The topological polar surface area (TPSA) is 273 Å². The number of rotatable bonds is 45. The van der Waals surface area contributed by atoms with Crippen LogP contribution in [0.2, 0.25) is 0 Å². The lowest BCUT2D eigenvalue weighted by Crippen LogP contribution is -2.44. The van der Waals surface area contributed by atoms with Crippen molar-refractivity contribution in [1.82, 2.24) is 37.2 Å². The predicted octanol–water partition coefficient (Wildman–Crippen LogP) is 5.02. The molecule has 71 heavy (non-hydrogen) atoms. The normalized spacial score (nSPS) is 13.6. The number of unbranched alkanes of at least 4 members (excludes halogenated alkanes) is 7. The van der Waals surface area contributed by atoms with Gasteiger partial charge in [-0.25, -0.2) is 0 Å². The van der Waals surface area contributed by atoms with Crippen molar-refractivity contribution in [3.63, 3.8) is 0 Å². The number of nitrogens with two attached hydrogens (primary N) is 2. The maximum Gasteiger partial charge on any atom is 0.223 e. The van der Waals surface area contributed by atoms with E-state index >= 15 is 4.79 Å². The van der Waals surface area contributed by atoms with Crippen LogP contribution in [0.3, 0.4) is 0 Å². The van der Waals surface area contributed by atoms with Gasteiger partial charge in [0.15, 0.2) is 0 Å². The van der Waals surface area contributed by atoms with Crippen molar-refractivity contribution in [3.8, 4) is 0 Å². The Labute approximate surface area is 429 Å². The van der Waals surface area contributed by atoms with E-state index in [1.165, 1.54) is 0 Å². The third kappa shape index (κ3) is 29.5. The van der Waals surface area contributed by atoms with E-state index in [0.29, 0.717) is 71.9 Å². The standard InChI is InChI=1S/C54H103N9O8/c1-11-15-18-20-25-59-46(66)35-41(37-52(5,6)44(64)33-40(14-4)49(69)62-26-21-19-16-12-2)48(68)54(9,10)39-42(50(70)63-32-30-58-28-23-56)34-45(65)53(7,8)38-43(51(71)61-24-17-13-3)36-47(67)60-31-29-57-27-22-55/h40-43,57-58H,11-39,55-56H2,1-10H3,(H,59,66)(H,60,67)(H,61,71)(H,62,69)(H,63,70). The number of carbonyl (C=O) groups is 8. The Bertz CT molecular complexity index is 1590. The lowest BCUT2D eigenvalue weighted by molar-refractivity contribution is -0.141. The van der Waals surface area contributed by atoms with Crippen molar-refractivity contribution in [2.45, 2.75) is 185 Å². The molecule has 0 aliphatic heterocycles. The van der Waals surface area contributed by atoms with Gasteiger partial charge in [-0.3, -0.25) is 38.4 Å². The van der Waals surface area contributed by atoms with Crippen molar-refractivity contribution >= 4 is 46.9 Å². The van der Waals surface area contributed by atoms with Gasteiger partial charge in [0, 0.05) is 138 Å². The average molecular weight is 1010 g/mol.